The zero-order chi connectivity index (χ0) is 35.7. The second-order valence-corrected chi connectivity index (χ2v) is 14.4. The van der Waals surface area contributed by atoms with Crippen LogP contribution >= 0.6 is 0 Å². The molecule has 1 fully saturated rings. The van der Waals surface area contributed by atoms with Gasteiger partial charge in [-0.25, -0.2) is 12.8 Å². The van der Waals surface area contributed by atoms with Crippen LogP contribution in [0.3, 0.4) is 0 Å². The van der Waals surface area contributed by atoms with Crippen LogP contribution in [-0.2, 0) is 32.6 Å². The van der Waals surface area contributed by atoms with Gasteiger partial charge in [0.2, 0.25) is 11.8 Å². The molecule has 1 atom stereocenters. The molecule has 0 aromatic heterocycles. The van der Waals surface area contributed by atoms with Crippen molar-refractivity contribution in [2.24, 2.45) is 0 Å². The second kappa shape index (κ2) is 16.7. The number of rotatable bonds is 14. The average Bonchev–Trinajstić information content (AvgIpc) is 3.12. The normalized spacial score (nSPS) is 14.0. The van der Waals surface area contributed by atoms with E-state index in [1.807, 2.05) is 61.5 Å². The topological polar surface area (TPSA) is 105 Å². The highest BCUT2D eigenvalue weighted by Gasteiger charge is 2.36. The van der Waals surface area contributed by atoms with Crippen molar-refractivity contribution < 1.29 is 31.9 Å². The molecular formula is C39H44FN3O6S. The largest absolute Gasteiger partial charge is 0.493 e. The molecular weight excluding hydrogens is 658 g/mol. The van der Waals surface area contributed by atoms with Crippen LogP contribution in [0.25, 0.3) is 0 Å². The van der Waals surface area contributed by atoms with E-state index in [2.05, 4.69) is 5.32 Å². The fraction of sp³-hybridized carbons (Fsp3) is 0.333. The maximum absolute atomic E-state index is 14.7. The van der Waals surface area contributed by atoms with Crippen molar-refractivity contribution in [3.05, 3.63) is 120 Å². The number of carbonyl (C=O) groups excluding carboxylic acids is 2. The van der Waals surface area contributed by atoms with E-state index >= 15 is 0 Å². The second-order valence-electron chi connectivity index (χ2n) is 12.6. The number of amides is 2. The minimum Gasteiger partial charge on any atom is -0.493 e. The van der Waals surface area contributed by atoms with Gasteiger partial charge in [-0.15, -0.1) is 0 Å². The van der Waals surface area contributed by atoms with Crippen molar-refractivity contribution in [2.45, 2.75) is 69.0 Å². The predicted molar refractivity (Wildman–Crippen MR) is 191 cm³/mol. The number of hydrogen-bond donors (Lipinski definition) is 1. The summed E-state index contributed by atoms with van der Waals surface area (Å²) in [5.74, 6) is -0.945. The van der Waals surface area contributed by atoms with E-state index in [4.69, 9.17) is 9.47 Å². The molecule has 0 unspecified atom stereocenters. The lowest BCUT2D eigenvalue weighted by molar-refractivity contribution is -0.140. The summed E-state index contributed by atoms with van der Waals surface area (Å²) in [4.78, 5) is 30.3. The highest BCUT2D eigenvalue weighted by atomic mass is 32.2. The molecule has 2 amide bonds. The Kier molecular flexibility index (Phi) is 12.1. The molecule has 4 aromatic carbocycles. The first kappa shape index (κ1) is 36.4. The van der Waals surface area contributed by atoms with Crippen molar-refractivity contribution in [2.75, 3.05) is 25.1 Å². The zero-order valence-electron chi connectivity index (χ0n) is 28.7. The van der Waals surface area contributed by atoms with Crippen LogP contribution in [0, 0.1) is 12.7 Å². The fourth-order valence-corrected chi connectivity index (χ4v) is 7.78. The smallest absolute Gasteiger partial charge is 0.264 e. The number of nitrogens with one attached hydrogen (secondary N) is 1. The fourth-order valence-electron chi connectivity index (χ4n) is 6.35. The Bertz CT molecular complexity index is 1860. The van der Waals surface area contributed by atoms with E-state index in [-0.39, 0.29) is 41.2 Å². The van der Waals surface area contributed by atoms with Gasteiger partial charge in [-0.2, -0.15) is 0 Å². The van der Waals surface area contributed by atoms with Crippen molar-refractivity contribution >= 4 is 27.5 Å². The summed E-state index contributed by atoms with van der Waals surface area (Å²) in [7, 11) is -1.60. The summed E-state index contributed by atoms with van der Waals surface area (Å²) in [6.07, 6.45) is 5.08. The molecule has 0 aliphatic heterocycles. The van der Waals surface area contributed by atoms with Crippen LogP contribution in [0.5, 0.6) is 11.5 Å². The number of benzene rings is 4. The maximum atomic E-state index is 14.7. The standard InChI is InChI=1S/C39H44FN3O6S/c1-28-11-10-14-30(23-28)26-42(35(24-29-12-6-4-7-13-29)39(45)41-32-15-8-5-9-16-32)38(44)27-43(33-19-17-31(40)18-20-33)50(46,47)34-21-22-36(48-2)37(25-34)49-3/h4,6-7,10-14,17-23,25,32,35H,5,8-9,15-16,24,26-27H2,1-3H3,(H,41,45)/t35-/m1/s1. The lowest BCUT2D eigenvalue weighted by atomic mass is 9.94. The van der Waals surface area contributed by atoms with Crippen LogP contribution in [-0.4, -0.2) is 58.0 Å². The Hall–Kier alpha value is -4.90. The van der Waals surface area contributed by atoms with E-state index < -0.39 is 34.3 Å². The Morgan fingerprint density at radius 1 is 0.840 bits per heavy atom. The van der Waals surface area contributed by atoms with Gasteiger partial charge in [-0.1, -0.05) is 79.4 Å². The summed E-state index contributed by atoms with van der Waals surface area (Å²) in [6, 6.07) is 25.2. The van der Waals surface area contributed by atoms with Gasteiger partial charge in [0.15, 0.2) is 11.5 Å². The Morgan fingerprint density at radius 3 is 2.18 bits per heavy atom. The number of carbonyl (C=O) groups is 2. The van der Waals surface area contributed by atoms with Crippen molar-refractivity contribution in [3.8, 4) is 11.5 Å². The SMILES string of the molecule is COc1ccc(S(=O)(=O)N(CC(=O)N(Cc2cccc(C)c2)[C@H](Cc2ccccc2)C(=O)NC2CCCCC2)c2ccc(F)cc2)cc1OC. The highest BCUT2D eigenvalue weighted by Crippen LogP contribution is 2.32. The van der Waals surface area contributed by atoms with E-state index in [9.17, 15) is 22.4 Å². The highest BCUT2D eigenvalue weighted by molar-refractivity contribution is 7.92. The van der Waals surface area contributed by atoms with Gasteiger partial charge in [0, 0.05) is 25.1 Å². The number of anilines is 1. The first-order valence-corrected chi connectivity index (χ1v) is 18.2. The predicted octanol–water partition coefficient (Wildman–Crippen LogP) is 6.44. The van der Waals surface area contributed by atoms with Gasteiger partial charge in [-0.05, 0) is 67.3 Å². The molecule has 1 saturated carbocycles. The van der Waals surface area contributed by atoms with Gasteiger partial charge in [0.1, 0.15) is 18.4 Å². The quantitative estimate of drug-likeness (QED) is 0.162. The van der Waals surface area contributed by atoms with Crippen LogP contribution in [0.4, 0.5) is 10.1 Å². The van der Waals surface area contributed by atoms with E-state index in [0.717, 1.165) is 65.2 Å². The number of aryl methyl sites for hydroxylation is 1. The zero-order valence-corrected chi connectivity index (χ0v) is 29.5. The Labute approximate surface area is 294 Å². The Balaban J connectivity index is 1.58. The van der Waals surface area contributed by atoms with Gasteiger partial charge >= 0.3 is 0 Å². The third kappa shape index (κ3) is 9.01. The molecule has 4 aromatic rings. The summed E-state index contributed by atoms with van der Waals surface area (Å²) in [5.41, 5.74) is 2.70. The van der Waals surface area contributed by atoms with Crippen LogP contribution in [0.15, 0.2) is 102 Å². The lowest BCUT2D eigenvalue weighted by Crippen LogP contribution is -2.55. The number of halogens is 1. The third-order valence-corrected chi connectivity index (χ3v) is 10.8. The van der Waals surface area contributed by atoms with E-state index in [0.29, 0.717) is 5.75 Å². The monoisotopic (exact) mass is 701 g/mol. The molecule has 264 valence electrons. The van der Waals surface area contributed by atoms with Crippen molar-refractivity contribution in [3.63, 3.8) is 0 Å². The minimum absolute atomic E-state index is 0.00779. The molecule has 5 rings (SSSR count). The first-order chi connectivity index (χ1) is 24.1. The molecule has 0 heterocycles. The number of hydrogen-bond acceptors (Lipinski definition) is 6. The van der Waals surface area contributed by atoms with Gasteiger partial charge < -0.3 is 19.7 Å². The molecule has 9 nitrogen and oxygen atoms in total. The first-order valence-electron chi connectivity index (χ1n) is 16.8. The van der Waals surface area contributed by atoms with E-state index in [1.54, 1.807) is 0 Å². The molecule has 0 saturated heterocycles. The molecule has 1 N–H and O–H groups in total. The number of ether oxygens (including phenoxy) is 2. The lowest BCUT2D eigenvalue weighted by Gasteiger charge is -2.35. The molecule has 0 spiro atoms. The van der Waals surface area contributed by atoms with Crippen LogP contribution < -0.4 is 19.1 Å². The van der Waals surface area contributed by atoms with E-state index in [1.165, 1.54) is 49.5 Å². The molecule has 0 bridgehead atoms. The van der Waals surface area contributed by atoms with Crippen molar-refractivity contribution in [1.29, 1.82) is 0 Å². The number of nitrogens with zero attached hydrogens (tertiary/aromatic N) is 2. The summed E-state index contributed by atoms with van der Waals surface area (Å²) in [6.45, 7) is 1.35. The molecule has 1 aliphatic carbocycles. The van der Waals surface area contributed by atoms with Crippen molar-refractivity contribution in [1.82, 2.24) is 10.2 Å². The average molecular weight is 702 g/mol. The number of methoxy groups -OCH3 is 2. The molecule has 11 heteroatoms. The summed E-state index contributed by atoms with van der Waals surface area (Å²) < 4.78 is 54.5. The molecule has 0 radical (unpaired) electrons. The minimum atomic E-state index is -4.43. The van der Waals surface area contributed by atoms with Gasteiger partial charge in [0.05, 0.1) is 24.8 Å². The summed E-state index contributed by atoms with van der Waals surface area (Å²) in [5, 5.41) is 3.21. The maximum Gasteiger partial charge on any atom is 0.264 e. The summed E-state index contributed by atoms with van der Waals surface area (Å²) >= 11 is 0. The van der Waals surface area contributed by atoms with Crippen LogP contribution in [0.2, 0.25) is 0 Å². The third-order valence-electron chi connectivity index (χ3n) is 8.99. The molecule has 50 heavy (non-hydrogen) atoms. The number of sulfonamides is 1. The molecule has 1 aliphatic rings. The Morgan fingerprint density at radius 2 is 1.52 bits per heavy atom. The van der Waals surface area contributed by atoms with Crippen LogP contribution in [0.1, 0.15) is 48.8 Å². The van der Waals surface area contributed by atoms with Gasteiger partial charge in [-0.3, -0.25) is 13.9 Å². The van der Waals surface area contributed by atoms with Gasteiger partial charge in [0.25, 0.3) is 10.0 Å².